The number of hydrogen-bond donors (Lipinski definition) is 1. The first-order chi connectivity index (χ1) is 14.8. The Labute approximate surface area is 196 Å². The van der Waals surface area contributed by atoms with E-state index in [0.717, 1.165) is 21.2 Å². The zero-order valence-electron chi connectivity index (χ0n) is 17.7. The van der Waals surface area contributed by atoms with Crippen molar-refractivity contribution in [1.82, 2.24) is 0 Å². The highest BCUT2D eigenvalue weighted by atomic mass is 35.5. The third kappa shape index (κ3) is 3.80. The first-order valence-electron chi connectivity index (χ1n) is 10.2. The van der Waals surface area contributed by atoms with Crippen LogP contribution < -0.4 is 10.6 Å². The molecule has 1 atom stereocenters. The van der Waals surface area contributed by atoms with Crippen LogP contribution in [0.3, 0.4) is 0 Å². The van der Waals surface area contributed by atoms with E-state index >= 15 is 0 Å². The molecule has 1 aliphatic carbocycles. The van der Waals surface area contributed by atoms with Gasteiger partial charge >= 0.3 is 0 Å². The number of benzene rings is 1. The van der Waals surface area contributed by atoms with Gasteiger partial charge in [-0.2, -0.15) is 5.26 Å². The molecule has 0 fully saturated rings. The van der Waals surface area contributed by atoms with Gasteiger partial charge in [-0.15, -0.1) is 23.1 Å². The summed E-state index contributed by atoms with van der Waals surface area (Å²) >= 11 is 9.92. The van der Waals surface area contributed by atoms with Crippen LogP contribution in [0, 0.1) is 16.7 Å². The fraction of sp³-hybridized carbons (Fsp3) is 0.333. The number of hydrogen-bond acceptors (Lipinski definition) is 6. The summed E-state index contributed by atoms with van der Waals surface area (Å²) in [5.74, 6) is 0.901. The van der Waals surface area contributed by atoms with Crippen LogP contribution in [0.15, 0.2) is 62.6 Å². The molecule has 1 aromatic carbocycles. The lowest BCUT2D eigenvalue weighted by atomic mass is 9.69. The van der Waals surface area contributed by atoms with Crippen molar-refractivity contribution in [2.75, 3.05) is 10.7 Å². The quantitative estimate of drug-likeness (QED) is 0.520. The predicted molar refractivity (Wildman–Crippen MR) is 129 cm³/mol. The second-order valence-electron chi connectivity index (χ2n) is 8.53. The SMILES string of the molecule is CCSc1sccc1[C@H]1C(C#N)=C(N)N(c2ccccc2Cl)C2=C1C(=O)CC(C)(C)C2. The van der Waals surface area contributed by atoms with Gasteiger partial charge in [0.25, 0.3) is 0 Å². The van der Waals surface area contributed by atoms with E-state index in [1.54, 1.807) is 29.2 Å². The summed E-state index contributed by atoms with van der Waals surface area (Å²) in [4.78, 5) is 15.4. The van der Waals surface area contributed by atoms with Crippen LogP contribution in [0.4, 0.5) is 5.69 Å². The van der Waals surface area contributed by atoms with Gasteiger partial charge in [0.2, 0.25) is 0 Å². The average Bonchev–Trinajstić information content (AvgIpc) is 3.15. The Morgan fingerprint density at radius 3 is 2.74 bits per heavy atom. The van der Waals surface area contributed by atoms with E-state index in [0.29, 0.717) is 40.5 Å². The minimum Gasteiger partial charge on any atom is -0.384 e. The van der Waals surface area contributed by atoms with Gasteiger partial charge in [-0.05, 0) is 46.7 Å². The summed E-state index contributed by atoms with van der Waals surface area (Å²) in [5, 5.41) is 12.7. The number of nitrogens with two attached hydrogens (primary N) is 1. The van der Waals surface area contributed by atoms with E-state index in [4.69, 9.17) is 17.3 Å². The van der Waals surface area contributed by atoms with Crippen LogP contribution in [-0.2, 0) is 4.79 Å². The molecule has 1 aromatic heterocycles. The number of nitrogens with zero attached hydrogens (tertiary/aromatic N) is 2. The van der Waals surface area contributed by atoms with Gasteiger partial charge in [0, 0.05) is 17.7 Å². The van der Waals surface area contributed by atoms with Crippen molar-refractivity contribution < 1.29 is 4.79 Å². The molecule has 7 heteroatoms. The van der Waals surface area contributed by atoms with Gasteiger partial charge in [-0.3, -0.25) is 9.69 Å². The topological polar surface area (TPSA) is 70.1 Å². The van der Waals surface area contributed by atoms with Crippen molar-refractivity contribution in [2.24, 2.45) is 11.1 Å². The molecule has 1 aliphatic heterocycles. The lowest BCUT2D eigenvalue weighted by molar-refractivity contribution is -0.118. The largest absolute Gasteiger partial charge is 0.384 e. The summed E-state index contributed by atoms with van der Waals surface area (Å²) in [7, 11) is 0. The van der Waals surface area contributed by atoms with Gasteiger partial charge in [-0.25, -0.2) is 0 Å². The molecule has 2 heterocycles. The summed E-state index contributed by atoms with van der Waals surface area (Å²) < 4.78 is 1.13. The Morgan fingerprint density at radius 2 is 2.06 bits per heavy atom. The summed E-state index contributed by atoms with van der Waals surface area (Å²) in [6, 6.07) is 11.8. The molecule has 2 aromatic rings. The molecule has 0 unspecified atom stereocenters. The van der Waals surface area contributed by atoms with Gasteiger partial charge in [0.1, 0.15) is 5.82 Å². The molecular weight excluding hydrogens is 446 g/mol. The van der Waals surface area contributed by atoms with Crippen molar-refractivity contribution in [3.05, 3.63) is 69.0 Å². The van der Waals surface area contributed by atoms with Crippen LogP contribution in [0.1, 0.15) is 45.1 Å². The normalized spacial score (nSPS) is 20.7. The molecule has 31 heavy (non-hydrogen) atoms. The first-order valence-corrected chi connectivity index (χ1v) is 12.4. The highest BCUT2D eigenvalue weighted by Crippen LogP contribution is 2.52. The van der Waals surface area contributed by atoms with E-state index in [2.05, 4.69) is 26.8 Å². The summed E-state index contributed by atoms with van der Waals surface area (Å²) in [5.41, 5.74) is 10.1. The number of para-hydroxylation sites is 1. The van der Waals surface area contributed by atoms with E-state index in [9.17, 15) is 10.1 Å². The Morgan fingerprint density at radius 1 is 1.32 bits per heavy atom. The number of thiophene rings is 1. The Balaban J connectivity index is 2.01. The number of ketones is 1. The lowest BCUT2D eigenvalue weighted by Crippen LogP contribution is -2.42. The minimum atomic E-state index is -0.442. The third-order valence-corrected chi connectivity index (χ3v) is 8.19. The molecule has 2 aliphatic rings. The van der Waals surface area contributed by atoms with Crippen molar-refractivity contribution in [3.63, 3.8) is 0 Å². The number of Topliss-reactive ketones (excluding diaryl/α,β-unsaturated/α-hetero) is 1. The van der Waals surface area contributed by atoms with Gasteiger partial charge < -0.3 is 5.73 Å². The number of carbonyl (C=O) groups is 1. The smallest absolute Gasteiger partial charge is 0.162 e. The van der Waals surface area contributed by atoms with Gasteiger partial charge in [0.15, 0.2) is 5.78 Å². The van der Waals surface area contributed by atoms with Crippen molar-refractivity contribution in [3.8, 4) is 6.07 Å². The fourth-order valence-electron chi connectivity index (χ4n) is 4.50. The maximum Gasteiger partial charge on any atom is 0.162 e. The second-order valence-corrected chi connectivity index (χ2v) is 11.4. The zero-order valence-corrected chi connectivity index (χ0v) is 20.1. The average molecular weight is 470 g/mol. The highest BCUT2D eigenvalue weighted by Gasteiger charge is 2.45. The van der Waals surface area contributed by atoms with E-state index in [1.807, 2.05) is 34.5 Å². The van der Waals surface area contributed by atoms with Crippen LogP contribution in [-0.4, -0.2) is 11.5 Å². The maximum absolute atomic E-state index is 13.6. The molecule has 4 nitrogen and oxygen atoms in total. The number of rotatable bonds is 4. The Hall–Kier alpha value is -2.20. The first kappa shape index (κ1) is 22.0. The van der Waals surface area contributed by atoms with E-state index in [1.165, 1.54) is 0 Å². The summed E-state index contributed by atoms with van der Waals surface area (Å²) in [6.45, 7) is 6.29. The van der Waals surface area contributed by atoms with E-state index < -0.39 is 5.92 Å². The number of halogens is 1. The fourth-order valence-corrected chi connectivity index (χ4v) is 6.78. The number of nitriles is 1. The lowest BCUT2D eigenvalue weighted by Gasteiger charge is -2.44. The molecule has 2 N–H and O–H groups in total. The molecule has 0 amide bonds. The van der Waals surface area contributed by atoms with Crippen LogP contribution in [0.2, 0.25) is 5.02 Å². The number of thioether (sulfide) groups is 1. The Bertz CT molecular complexity index is 1160. The third-order valence-electron chi connectivity index (χ3n) is 5.72. The second kappa shape index (κ2) is 8.38. The maximum atomic E-state index is 13.6. The van der Waals surface area contributed by atoms with Crippen LogP contribution in [0.5, 0.6) is 0 Å². The van der Waals surface area contributed by atoms with Crippen LogP contribution >= 0.6 is 34.7 Å². The standard InChI is InChI=1S/C24H24ClN3OS2/c1-4-30-23-14(9-10-31-23)20-15(13-26)22(27)28(17-8-6-5-7-16(17)25)18-11-24(2,3)12-19(29)21(18)20/h5-10,20H,4,11-12,27H2,1-3H3/t20-/m0/s1. The van der Waals surface area contributed by atoms with Gasteiger partial charge in [0.05, 0.1) is 32.5 Å². The molecule has 160 valence electrons. The number of anilines is 1. The number of allylic oxidation sites excluding steroid dienone is 3. The summed E-state index contributed by atoms with van der Waals surface area (Å²) in [6.07, 6.45) is 1.12. The number of carbonyl (C=O) groups excluding carboxylic acids is 1. The minimum absolute atomic E-state index is 0.0761. The zero-order chi connectivity index (χ0) is 22.3. The highest BCUT2D eigenvalue weighted by molar-refractivity contribution is 8.01. The van der Waals surface area contributed by atoms with Crippen molar-refractivity contribution >= 4 is 46.2 Å². The molecule has 0 saturated heterocycles. The Kier molecular flexibility index (Phi) is 5.95. The molecule has 0 spiro atoms. The van der Waals surface area contributed by atoms with E-state index in [-0.39, 0.29) is 11.2 Å². The molecule has 0 bridgehead atoms. The van der Waals surface area contributed by atoms with Crippen molar-refractivity contribution in [1.29, 1.82) is 5.26 Å². The molecule has 4 rings (SSSR count). The van der Waals surface area contributed by atoms with Gasteiger partial charge in [-0.1, -0.05) is 44.5 Å². The molecular formula is C24H24ClN3OS2. The van der Waals surface area contributed by atoms with Crippen LogP contribution in [0.25, 0.3) is 0 Å². The predicted octanol–water partition coefficient (Wildman–Crippen LogP) is 6.45. The molecule has 0 radical (unpaired) electrons. The van der Waals surface area contributed by atoms with Crippen molar-refractivity contribution in [2.45, 2.75) is 43.7 Å². The monoisotopic (exact) mass is 469 g/mol. The molecule has 0 saturated carbocycles.